The quantitative estimate of drug-likeness (QED) is 0.643. The number of hydrazone groups is 1. The Hall–Kier alpha value is -3.67. The fourth-order valence-electron chi connectivity index (χ4n) is 3.79. The van der Waals surface area contributed by atoms with Crippen molar-refractivity contribution in [3.8, 4) is 0 Å². The maximum atomic E-state index is 13.3. The van der Waals surface area contributed by atoms with E-state index in [9.17, 15) is 27.2 Å². The molecule has 0 bridgehead atoms. The molecule has 0 radical (unpaired) electrons. The molecule has 4 rings (SSSR count). The van der Waals surface area contributed by atoms with Crippen LogP contribution in [0.4, 0.5) is 34.6 Å². The summed E-state index contributed by atoms with van der Waals surface area (Å²) in [6.45, 7) is 1.68. The molecule has 180 valence electrons. The Balaban J connectivity index is 1.63. The Morgan fingerprint density at radius 3 is 2.38 bits per heavy atom. The molecule has 2 heterocycles. The number of rotatable bonds is 5. The van der Waals surface area contributed by atoms with E-state index in [-0.39, 0.29) is 17.8 Å². The normalized spacial score (nSPS) is 18.6. The fraction of sp³-hybridized carbons (Fsp3) is 0.318. The number of ether oxygens (including phenoxy) is 1. The van der Waals surface area contributed by atoms with Crippen LogP contribution in [0.25, 0.3) is 0 Å². The zero-order valence-corrected chi connectivity index (χ0v) is 17.8. The van der Waals surface area contributed by atoms with Gasteiger partial charge in [-0.25, -0.2) is 4.39 Å². The molecule has 2 aliphatic heterocycles. The fourth-order valence-corrected chi connectivity index (χ4v) is 3.79. The van der Waals surface area contributed by atoms with Gasteiger partial charge in [-0.05, 0) is 42.5 Å². The molecule has 2 amide bonds. The SMILES string of the molecule is NC(=O)C1CC(C(=O)Nc2cc(C(F)(F)F)ccc2N2CCOCC2)=NN1c1ccc(F)cc1. The highest BCUT2D eigenvalue weighted by Gasteiger charge is 2.36. The number of alkyl halides is 3. The highest BCUT2D eigenvalue weighted by molar-refractivity contribution is 6.44. The average Bonchev–Trinajstić information content (AvgIpc) is 3.26. The number of nitrogens with zero attached hydrogens (tertiary/aromatic N) is 3. The van der Waals surface area contributed by atoms with Gasteiger partial charge in [-0.1, -0.05) is 0 Å². The Morgan fingerprint density at radius 1 is 1.09 bits per heavy atom. The molecule has 3 N–H and O–H groups in total. The molecule has 1 unspecified atom stereocenters. The van der Waals surface area contributed by atoms with Crippen LogP contribution in [0.15, 0.2) is 47.6 Å². The van der Waals surface area contributed by atoms with Gasteiger partial charge in [-0.15, -0.1) is 0 Å². The van der Waals surface area contributed by atoms with Crippen molar-refractivity contribution in [1.29, 1.82) is 0 Å². The topological polar surface area (TPSA) is 100 Å². The van der Waals surface area contributed by atoms with Crippen molar-refractivity contribution in [3.63, 3.8) is 0 Å². The average molecular weight is 479 g/mol. The molecule has 12 heteroatoms. The van der Waals surface area contributed by atoms with Crippen LogP contribution in [-0.2, 0) is 20.5 Å². The van der Waals surface area contributed by atoms with Gasteiger partial charge in [-0.2, -0.15) is 18.3 Å². The van der Waals surface area contributed by atoms with Gasteiger partial charge in [0, 0.05) is 19.5 Å². The van der Waals surface area contributed by atoms with E-state index in [0.29, 0.717) is 37.7 Å². The number of hydrogen-bond acceptors (Lipinski definition) is 6. The van der Waals surface area contributed by atoms with Crippen LogP contribution in [-0.4, -0.2) is 49.9 Å². The summed E-state index contributed by atoms with van der Waals surface area (Å²) >= 11 is 0. The second-order valence-electron chi connectivity index (χ2n) is 7.77. The minimum absolute atomic E-state index is 0.0414. The number of carbonyl (C=O) groups is 2. The van der Waals surface area contributed by atoms with Crippen molar-refractivity contribution in [2.24, 2.45) is 10.8 Å². The summed E-state index contributed by atoms with van der Waals surface area (Å²) in [7, 11) is 0. The summed E-state index contributed by atoms with van der Waals surface area (Å²) in [5, 5.41) is 7.87. The molecule has 1 fully saturated rings. The number of halogens is 4. The number of amides is 2. The van der Waals surface area contributed by atoms with Gasteiger partial charge < -0.3 is 20.7 Å². The minimum atomic E-state index is -4.61. The van der Waals surface area contributed by atoms with Gasteiger partial charge >= 0.3 is 6.18 Å². The Kier molecular flexibility index (Phi) is 6.42. The van der Waals surface area contributed by atoms with E-state index in [1.165, 1.54) is 23.2 Å². The van der Waals surface area contributed by atoms with Crippen molar-refractivity contribution in [2.45, 2.75) is 18.6 Å². The first-order valence-electron chi connectivity index (χ1n) is 10.4. The Morgan fingerprint density at radius 2 is 1.76 bits per heavy atom. The molecule has 0 aromatic heterocycles. The monoisotopic (exact) mass is 479 g/mol. The van der Waals surface area contributed by atoms with Crippen molar-refractivity contribution < 1.29 is 31.9 Å². The number of hydrogen-bond donors (Lipinski definition) is 2. The van der Waals surface area contributed by atoms with Crippen molar-refractivity contribution in [3.05, 3.63) is 53.8 Å². The van der Waals surface area contributed by atoms with E-state index < -0.39 is 35.4 Å². The molecule has 1 saturated heterocycles. The number of benzene rings is 2. The third-order valence-corrected chi connectivity index (χ3v) is 5.52. The summed E-state index contributed by atoms with van der Waals surface area (Å²) < 4.78 is 58.6. The van der Waals surface area contributed by atoms with E-state index in [1.807, 2.05) is 4.90 Å². The van der Waals surface area contributed by atoms with Crippen LogP contribution < -0.4 is 21.0 Å². The molecule has 0 saturated carbocycles. The first kappa shape index (κ1) is 23.5. The standard InChI is InChI=1S/C22H21F4N5O3/c23-14-2-4-15(5-3-14)31-19(20(27)32)12-17(29-31)21(33)28-16-11-13(22(24,25)26)1-6-18(16)30-7-9-34-10-8-30/h1-6,11,19H,7-10,12H2,(H2,27,32)(H,28,33). The minimum Gasteiger partial charge on any atom is -0.378 e. The maximum Gasteiger partial charge on any atom is 0.416 e. The molecule has 2 aromatic carbocycles. The van der Waals surface area contributed by atoms with Crippen LogP contribution >= 0.6 is 0 Å². The lowest BCUT2D eigenvalue weighted by Gasteiger charge is -2.31. The lowest BCUT2D eigenvalue weighted by atomic mass is 10.1. The van der Waals surface area contributed by atoms with E-state index in [4.69, 9.17) is 10.5 Å². The van der Waals surface area contributed by atoms with Gasteiger partial charge in [0.05, 0.1) is 35.8 Å². The highest BCUT2D eigenvalue weighted by Crippen LogP contribution is 2.36. The predicted molar refractivity (Wildman–Crippen MR) is 117 cm³/mol. The lowest BCUT2D eigenvalue weighted by Crippen LogP contribution is -2.39. The predicted octanol–water partition coefficient (Wildman–Crippen LogP) is 2.74. The second-order valence-corrected chi connectivity index (χ2v) is 7.77. The summed E-state index contributed by atoms with van der Waals surface area (Å²) in [6, 6.07) is 7.19. The van der Waals surface area contributed by atoms with Crippen molar-refractivity contribution in [2.75, 3.05) is 41.5 Å². The molecule has 2 aromatic rings. The molecule has 8 nitrogen and oxygen atoms in total. The van der Waals surface area contributed by atoms with Crippen LogP contribution in [0.2, 0.25) is 0 Å². The zero-order valence-electron chi connectivity index (χ0n) is 17.8. The van der Waals surface area contributed by atoms with Crippen molar-refractivity contribution >= 4 is 34.6 Å². The molecule has 1 atom stereocenters. The van der Waals surface area contributed by atoms with E-state index >= 15 is 0 Å². The van der Waals surface area contributed by atoms with Crippen LogP contribution in [0.5, 0.6) is 0 Å². The number of nitrogens with two attached hydrogens (primary N) is 1. The van der Waals surface area contributed by atoms with Crippen LogP contribution in [0, 0.1) is 5.82 Å². The van der Waals surface area contributed by atoms with Gasteiger partial charge in [0.1, 0.15) is 17.6 Å². The highest BCUT2D eigenvalue weighted by atomic mass is 19.4. The number of anilines is 3. The third-order valence-electron chi connectivity index (χ3n) is 5.52. The molecule has 0 spiro atoms. The van der Waals surface area contributed by atoms with Gasteiger partial charge in [-0.3, -0.25) is 14.6 Å². The molecule has 2 aliphatic rings. The van der Waals surface area contributed by atoms with E-state index in [1.54, 1.807) is 0 Å². The number of primary amides is 1. The Bertz CT molecular complexity index is 1110. The Labute approximate surface area is 191 Å². The van der Waals surface area contributed by atoms with Crippen LogP contribution in [0.1, 0.15) is 12.0 Å². The molecular weight excluding hydrogens is 458 g/mol. The third kappa shape index (κ3) is 4.96. The van der Waals surface area contributed by atoms with E-state index in [0.717, 1.165) is 24.3 Å². The summed E-state index contributed by atoms with van der Waals surface area (Å²) in [5.74, 6) is -2.03. The largest absolute Gasteiger partial charge is 0.416 e. The lowest BCUT2D eigenvalue weighted by molar-refractivity contribution is -0.137. The van der Waals surface area contributed by atoms with Gasteiger partial charge in [0.15, 0.2) is 0 Å². The maximum absolute atomic E-state index is 13.3. The number of carbonyl (C=O) groups excluding carboxylic acids is 2. The number of morpholine rings is 1. The second kappa shape index (κ2) is 9.29. The molecule has 34 heavy (non-hydrogen) atoms. The van der Waals surface area contributed by atoms with Gasteiger partial charge in [0.2, 0.25) is 5.91 Å². The van der Waals surface area contributed by atoms with Crippen molar-refractivity contribution in [1.82, 2.24) is 0 Å². The summed E-state index contributed by atoms with van der Waals surface area (Å²) in [4.78, 5) is 26.8. The smallest absolute Gasteiger partial charge is 0.378 e. The van der Waals surface area contributed by atoms with E-state index in [2.05, 4.69) is 10.4 Å². The summed E-state index contributed by atoms with van der Waals surface area (Å²) in [5.41, 5.74) is 5.14. The molecular formula is C22H21F4N5O3. The van der Waals surface area contributed by atoms with Crippen LogP contribution in [0.3, 0.4) is 0 Å². The first-order valence-corrected chi connectivity index (χ1v) is 10.4. The zero-order chi connectivity index (χ0) is 24.5. The summed E-state index contributed by atoms with van der Waals surface area (Å²) in [6.07, 6.45) is -4.77. The molecule has 0 aliphatic carbocycles. The first-order chi connectivity index (χ1) is 16.1. The van der Waals surface area contributed by atoms with Gasteiger partial charge in [0.25, 0.3) is 5.91 Å². The number of nitrogens with one attached hydrogen (secondary N) is 1.